The van der Waals surface area contributed by atoms with Crippen LogP contribution >= 0.6 is 11.8 Å². The van der Waals surface area contributed by atoms with Crippen LogP contribution in [0.1, 0.15) is 58.3 Å². The van der Waals surface area contributed by atoms with Gasteiger partial charge in [-0.05, 0) is 43.4 Å². The third-order valence-corrected chi connectivity index (χ3v) is 4.35. The minimum Gasteiger partial charge on any atom is -0.298 e. The van der Waals surface area contributed by atoms with Gasteiger partial charge >= 0.3 is 0 Å². The molecule has 1 fully saturated rings. The quantitative estimate of drug-likeness (QED) is 0.505. The summed E-state index contributed by atoms with van der Waals surface area (Å²) in [6.07, 6.45) is 9.89. The molecule has 0 bridgehead atoms. The highest BCUT2D eigenvalue weighted by Gasteiger charge is 2.25. The summed E-state index contributed by atoms with van der Waals surface area (Å²) in [7, 11) is 0. The smallest absolute Gasteiger partial charge is 0.146 e. The van der Waals surface area contributed by atoms with E-state index in [2.05, 4.69) is 6.92 Å². The maximum absolute atomic E-state index is 11.8. The van der Waals surface area contributed by atoms with E-state index in [9.17, 15) is 4.79 Å². The SMILES string of the molecule is CCCCCC1CCC(C(=O)CSC#N)CC1. The van der Waals surface area contributed by atoms with Gasteiger partial charge in [-0.25, -0.2) is 0 Å². The molecule has 0 aliphatic heterocycles. The van der Waals surface area contributed by atoms with Crippen molar-refractivity contribution in [3.63, 3.8) is 0 Å². The number of carbonyl (C=O) groups excluding carboxylic acids is 1. The molecule has 1 aliphatic rings. The van der Waals surface area contributed by atoms with Crippen LogP contribution in [0.3, 0.4) is 0 Å². The van der Waals surface area contributed by atoms with E-state index in [1.165, 1.54) is 38.5 Å². The topological polar surface area (TPSA) is 40.9 Å². The molecule has 0 aromatic carbocycles. The molecule has 0 aromatic heterocycles. The highest BCUT2D eigenvalue weighted by Crippen LogP contribution is 2.32. The van der Waals surface area contributed by atoms with Crippen LogP contribution in [0, 0.1) is 22.5 Å². The van der Waals surface area contributed by atoms with Gasteiger partial charge in [-0.15, -0.1) is 0 Å². The van der Waals surface area contributed by atoms with Gasteiger partial charge in [0.1, 0.15) is 11.2 Å². The Hall–Kier alpha value is -0.490. The molecule has 1 saturated carbocycles. The van der Waals surface area contributed by atoms with Crippen LogP contribution in [-0.2, 0) is 4.79 Å². The van der Waals surface area contributed by atoms with Crippen molar-refractivity contribution in [1.29, 1.82) is 5.26 Å². The molecule has 96 valence electrons. The number of Topliss-reactive ketones (excluding diaryl/α,β-unsaturated/α-hetero) is 1. The van der Waals surface area contributed by atoms with Crippen molar-refractivity contribution < 1.29 is 4.79 Å². The molecule has 0 spiro atoms. The van der Waals surface area contributed by atoms with E-state index in [0.717, 1.165) is 30.5 Å². The zero-order valence-electron chi connectivity index (χ0n) is 10.8. The highest BCUT2D eigenvalue weighted by atomic mass is 32.2. The fraction of sp³-hybridized carbons (Fsp3) is 0.857. The second-order valence-corrected chi connectivity index (χ2v) is 5.82. The summed E-state index contributed by atoms with van der Waals surface area (Å²) >= 11 is 1.08. The van der Waals surface area contributed by atoms with Crippen LogP contribution in [0.25, 0.3) is 0 Å². The minimum atomic E-state index is 0.248. The Morgan fingerprint density at radius 2 is 2.00 bits per heavy atom. The van der Waals surface area contributed by atoms with Crippen molar-refractivity contribution in [1.82, 2.24) is 0 Å². The largest absolute Gasteiger partial charge is 0.298 e. The number of nitriles is 1. The zero-order chi connectivity index (χ0) is 12.5. The Balaban J connectivity index is 2.17. The number of carbonyl (C=O) groups is 1. The predicted molar refractivity (Wildman–Crippen MR) is 72.7 cm³/mol. The second-order valence-electron chi connectivity index (χ2n) is 5.06. The van der Waals surface area contributed by atoms with E-state index in [-0.39, 0.29) is 5.92 Å². The molecule has 0 amide bonds. The molecule has 0 saturated heterocycles. The van der Waals surface area contributed by atoms with Crippen molar-refractivity contribution >= 4 is 17.5 Å². The molecule has 3 heteroatoms. The Morgan fingerprint density at radius 3 is 2.59 bits per heavy atom. The lowest BCUT2D eigenvalue weighted by molar-refractivity contribution is -0.121. The zero-order valence-corrected chi connectivity index (χ0v) is 11.6. The lowest BCUT2D eigenvalue weighted by Gasteiger charge is -2.27. The number of hydrogen-bond acceptors (Lipinski definition) is 3. The van der Waals surface area contributed by atoms with Gasteiger partial charge in [0.05, 0.1) is 5.75 Å². The van der Waals surface area contributed by atoms with Crippen LogP contribution in [0.2, 0.25) is 0 Å². The Morgan fingerprint density at radius 1 is 1.29 bits per heavy atom. The second kappa shape index (κ2) is 8.58. The fourth-order valence-electron chi connectivity index (χ4n) is 2.68. The lowest BCUT2D eigenvalue weighted by atomic mass is 9.78. The first kappa shape index (κ1) is 14.6. The Bertz CT molecular complexity index is 264. The molecule has 17 heavy (non-hydrogen) atoms. The summed E-state index contributed by atoms with van der Waals surface area (Å²) in [5, 5.41) is 10.4. The summed E-state index contributed by atoms with van der Waals surface area (Å²) in [5.41, 5.74) is 0. The molecule has 2 nitrogen and oxygen atoms in total. The summed E-state index contributed by atoms with van der Waals surface area (Å²) in [5.74, 6) is 1.79. The Labute approximate surface area is 109 Å². The highest BCUT2D eigenvalue weighted by molar-refractivity contribution is 8.04. The van der Waals surface area contributed by atoms with E-state index in [1.807, 2.05) is 5.40 Å². The van der Waals surface area contributed by atoms with Crippen LogP contribution in [0.5, 0.6) is 0 Å². The molecule has 1 rings (SSSR count). The number of ketones is 1. The van der Waals surface area contributed by atoms with Crippen LogP contribution in [0.15, 0.2) is 0 Å². The summed E-state index contributed by atoms with van der Waals surface area (Å²) in [4.78, 5) is 11.8. The normalized spacial score (nSPS) is 24.2. The molecular formula is C14H23NOS. The van der Waals surface area contributed by atoms with E-state index < -0.39 is 0 Å². The molecule has 1 aliphatic carbocycles. The van der Waals surface area contributed by atoms with Crippen molar-refractivity contribution in [2.75, 3.05) is 5.75 Å². The van der Waals surface area contributed by atoms with Gasteiger partial charge in [0.25, 0.3) is 0 Å². The first-order chi connectivity index (χ1) is 8.27. The Kier molecular flexibility index (Phi) is 7.35. The molecule has 0 aromatic rings. The third-order valence-electron chi connectivity index (χ3n) is 3.80. The molecular weight excluding hydrogens is 230 g/mol. The van der Waals surface area contributed by atoms with Crippen molar-refractivity contribution in [3.8, 4) is 5.40 Å². The monoisotopic (exact) mass is 253 g/mol. The fourth-order valence-corrected chi connectivity index (χ4v) is 3.12. The standard InChI is InChI=1S/C14H23NOS/c1-2-3-4-5-12-6-8-13(9-7-12)14(16)10-17-11-15/h12-13H,2-10H2,1H3. The first-order valence-corrected chi connectivity index (χ1v) is 7.80. The number of thiocyanates is 1. The van der Waals surface area contributed by atoms with E-state index in [0.29, 0.717) is 11.5 Å². The molecule has 0 unspecified atom stereocenters. The van der Waals surface area contributed by atoms with Crippen LogP contribution in [-0.4, -0.2) is 11.5 Å². The summed E-state index contributed by atoms with van der Waals surface area (Å²) in [6.45, 7) is 2.24. The number of unbranched alkanes of at least 4 members (excludes halogenated alkanes) is 2. The first-order valence-electron chi connectivity index (χ1n) is 6.81. The van der Waals surface area contributed by atoms with Gasteiger partial charge in [0.15, 0.2) is 0 Å². The predicted octanol–water partition coefficient (Wildman–Crippen LogP) is 4.16. The van der Waals surface area contributed by atoms with E-state index >= 15 is 0 Å². The maximum atomic E-state index is 11.8. The summed E-state index contributed by atoms with van der Waals surface area (Å²) in [6, 6.07) is 0. The van der Waals surface area contributed by atoms with Gasteiger partial charge < -0.3 is 0 Å². The number of thioether (sulfide) groups is 1. The molecule has 0 atom stereocenters. The van der Waals surface area contributed by atoms with Gasteiger partial charge in [0.2, 0.25) is 0 Å². The van der Waals surface area contributed by atoms with E-state index in [4.69, 9.17) is 5.26 Å². The molecule has 0 radical (unpaired) electrons. The van der Waals surface area contributed by atoms with Crippen LogP contribution in [0.4, 0.5) is 0 Å². The maximum Gasteiger partial charge on any atom is 0.146 e. The molecule has 0 heterocycles. The van der Waals surface area contributed by atoms with Gasteiger partial charge in [0, 0.05) is 5.92 Å². The van der Waals surface area contributed by atoms with Crippen LogP contribution < -0.4 is 0 Å². The van der Waals surface area contributed by atoms with Crippen molar-refractivity contribution in [2.45, 2.75) is 58.3 Å². The summed E-state index contributed by atoms with van der Waals surface area (Å²) < 4.78 is 0. The average molecular weight is 253 g/mol. The molecule has 0 N–H and O–H groups in total. The van der Waals surface area contributed by atoms with Crippen molar-refractivity contribution in [3.05, 3.63) is 0 Å². The average Bonchev–Trinajstić information content (AvgIpc) is 2.37. The lowest BCUT2D eigenvalue weighted by Crippen LogP contribution is -2.23. The van der Waals surface area contributed by atoms with Gasteiger partial charge in [-0.2, -0.15) is 5.26 Å². The van der Waals surface area contributed by atoms with Gasteiger partial charge in [-0.3, -0.25) is 4.79 Å². The van der Waals surface area contributed by atoms with Gasteiger partial charge in [-0.1, -0.05) is 32.6 Å². The third kappa shape index (κ3) is 5.59. The minimum absolute atomic E-state index is 0.248. The number of nitrogens with zero attached hydrogens (tertiary/aromatic N) is 1. The number of rotatable bonds is 7. The van der Waals surface area contributed by atoms with E-state index in [1.54, 1.807) is 0 Å². The van der Waals surface area contributed by atoms with Crippen molar-refractivity contribution in [2.24, 2.45) is 11.8 Å². The number of hydrogen-bond donors (Lipinski definition) is 0.